The van der Waals surface area contributed by atoms with Crippen molar-refractivity contribution < 1.29 is 4.74 Å². The second kappa shape index (κ2) is 6.37. The van der Waals surface area contributed by atoms with Crippen LogP contribution in [-0.2, 0) is 4.74 Å². The van der Waals surface area contributed by atoms with Gasteiger partial charge < -0.3 is 4.74 Å². The van der Waals surface area contributed by atoms with Gasteiger partial charge in [0.25, 0.3) is 0 Å². The minimum Gasteiger partial charge on any atom is -0.377 e. The van der Waals surface area contributed by atoms with Gasteiger partial charge in [-0.3, -0.25) is 4.90 Å². The Morgan fingerprint density at radius 1 is 1.13 bits per heavy atom. The highest BCUT2D eigenvalue weighted by molar-refractivity contribution is 6.15. The van der Waals surface area contributed by atoms with Crippen LogP contribution in [0, 0.1) is 17.8 Å². The number of ether oxygens (including phenoxy) is 1. The fourth-order valence-corrected chi connectivity index (χ4v) is 6.15. The summed E-state index contributed by atoms with van der Waals surface area (Å²) in [7, 11) is 2.57. The molecule has 0 N–H and O–H groups in total. The van der Waals surface area contributed by atoms with E-state index in [-0.39, 0.29) is 0 Å². The molecule has 0 aromatic carbocycles. The van der Waals surface area contributed by atoms with E-state index in [0.29, 0.717) is 16.9 Å². The minimum absolute atomic E-state index is 0.386. The first-order valence-electron chi connectivity index (χ1n) is 10.2. The zero-order valence-corrected chi connectivity index (χ0v) is 16.4. The molecule has 2 aliphatic heterocycles. The Labute approximate surface area is 145 Å². The monoisotopic (exact) mass is 319 g/mol. The topological polar surface area (TPSA) is 12.5 Å². The van der Waals surface area contributed by atoms with Gasteiger partial charge in [-0.25, -0.2) is 0 Å². The Kier molecular flexibility index (Phi) is 4.93. The van der Waals surface area contributed by atoms with Gasteiger partial charge in [-0.15, -0.1) is 0 Å². The molecule has 1 saturated carbocycles. The van der Waals surface area contributed by atoms with Crippen molar-refractivity contribution in [3.05, 3.63) is 0 Å². The van der Waals surface area contributed by atoms with Crippen LogP contribution in [0.3, 0.4) is 0 Å². The highest BCUT2D eigenvalue weighted by Gasteiger charge is 2.56. The van der Waals surface area contributed by atoms with E-state index in [4.69, 9.17) is 4.74 Å². The maximum absolute atomic E-state index is 5.70. The van der Waals surface area contributed by atoms with Gasteiger partial charge in [0.05, 0.1) is 18.8 Å². The number of rotatable bonds is 2. The van der Waals surface area contributed by atoms with Gasteiger partial charge in [0.1, 0.15) is 7.85 Å². The van der Waals surface area contributed by atoms with Crippen LogP contribution in [-0.4, -0.2) is 43.6 Å². The van der Waals surface area contributed by atoms with Crippen molar-refractivity contribution in [3.63, 3.8) is 0 Å². The van der Waals surface area contributed by atoms with Crippen molar-refractivity contribution in [1.29, 1.82) is 0 Å². The Morgan fingerprint density at radius 3 is 2.35 bits per heavy atom. The van der Waals surface area contributed by atoms with Crippen molar-refractivity contribution in [2.24, 2.45) is 17.8 Å². The number of nitrogens with zero attached hydrogens (tertiary/aromatic N) is 1. The summed E-state index contributed by atoms with van der Waals surface area (Å²) in [6.07, 6.45) is 8.46. The van der Waals surface area contributed by atoms with Crippen molar-refractivity contribution in [1.82, 2.24) is 4.90 Å². The summed E-state index contributed by atoms with van der Waals surface area (Å²) >= 11 is 0. The first-order valence-corrected chi connectivity index (χ1v) is 10.2. The predicted octanol–water partition coefficient (Wildman–Crippen LogP) is 3.90. The van der Waals surface area contributed by atoms with Gasteiger partial charge in [-0.05, 0) is 50.9 Å². The lowest BCUT2D eigenvalue weighted by molar-refractivity contribution is -0.141. The molecule has 3 fully saturated rings. The maximum Gasteiger partial charge on any atom is 0.110 e. The number of likely N-dealkylation sites (tertiary alicyclic amines) is 1. The summed E-state index contributed by atoms with van der Waals surface area (Å²) in [5.41, 5.74) is 0.386. The SMILES string of the molecule is BC1(C(C)C)CCCCC2C(CC1C)CC1(COC1)N2C(C)C. The first-order chi connectivity index (χ1) is 10.8. The molecule has 0 bridgehead atoms. The van der Waals surface area contributed by atoms with E-state index in [1.165, 1.54) is 38.5 Å². The fraction of sp³-hybridized carbons (Fsp3) is 1.00. The molecule has 3 heteroatoms. The Balaban J connectivity index is 1.85. The fourth-order valence-electron chi connectivity index (χ4n) is 6.15. The zero-order chi connectivity index (χ0) is 16.8. The minimum atomic E-state index is 0.386. The molecule has 0 radical (unpaired) electrons. The summed E-state index contributed by atoms with van der Waals surface area (Å²) in [5, 5.41) is 0.517. The third-order valence-corrected chi connectivity index (χ3v) is 7.96. The van der Waals surface area contributed by atoms with Crippen LogP contribution in [0.1, 0.15) is 73.1 Å². The Morgan fingerprint density at radius 2 is 1.83 bits per heavy atom. The molecule has 1 spiro atoms. The van der Waals surface area contributed by atoms with E-state index in [2.05, 4.69) is 47.4 Å². The smallest absolute Gasteiger partial charge is 0.110 e. The molecular formula is C20H38BNO. The standard InChI is InChI=1S/C20H38BNO/c1-14(2)20(21)9-7-6-8-18-17(10-16(20)5)11-19(12-23-13-19)22(18)15(3)4/h14-18H,6-13,21H2,1-5H3. The van der Waals surface area contributed by atoms with E-state index < -0.39 is 0 Å². The molecular weight excluding hydrogens is 281 g/mol. The van der Waals surface area contributed by atoms with Gasteiger partial charge in [0.2, 0.25) is 0 Å². The molecule has 4 unspecified atom stereocenters. The van der Waals surface area contributed by atoms with Crippen LogP contribution in [0.4, 0.5) is 0 Å². The van der Waals surface area contributed by atoms with Crippen LogP contribution >= 0.6 is 0 Å². The molecule has 0 aromatic heterocycles. The average Bonchev–Trinajstić information content (AvgIpc) is 2.78. The third-order valence-electron chi connectivity index (χ3n) is 7.96. The van der Waals surface area contributed by atoms with Gasteiger partial charge in [0, 0.05) is 12.1 Å². The van der Waals surface area contributed by atoms with Crippen molar-refractivity contribution in [3.8, 4) is 0 Å². The summed E-state index contributed by atoms with van der Waals surface area (Å²) in [6.45, 7) is 14.2. The molecule has 0 amide bonds. The third kappa shape index (κ3) is 2.90. The lowest BCUT2D eigenvalue weighted by atomic mass is 9.52. The van der Waals surface area contributed by atoms with E-state index in [1.54, 1.807) is 0 Å². The van der Waals surface area contributed by atoms with Crippen LogP contribution in [0.2, 0.25) is 5.31 Å². The average molecular weight is 319 g/mol. The molecule has 4 atom stereocenters. The van der Waals surface area contributed by atoms with Crippen LogP contribution < -0.4 is 0 Å². The molecule has 2 nitrogen and oxygen atoms in total. The lowest BCUT2D eigenvalue weighted by Crippen LogP contribution is -2.62. The van der Waals surface area contributed by atoms with E-state index in [9.17, 15) is 0 Å². The molecule has 2 saturated heterocycles. The van der Waals surface area contributed by atoms with Gasteiger partial charge in [0.15, 0.2) is 0 Å². The van der Waals surface area contributed by atoms with E-state index in [1.807, 2.05) is 0 Å². The lowest BCUT2D eigenvalue weighted by Gasteiger charge is -2.49. The quantitative estimate of drug-likeness (QED) is 0.716. The van der Waals surface area contributed by atoms with Crippen LogP contribution in [0.25, 0.3) is 0 Å². The largest absolute Gasteiger partial charge is 0.377 e. The summed E-state index contributed by atoms with van der Waals surface area (Å²) in [6, 6.07) is 1.46. The highest BCUT2D eigenvalue weighted by Crippen LogP contribution is 2.54. The summed E-state index contributed by atoms with van der Waals surface area (Å²) < 4.78 is 5.70. The molecule has 2 heterocycles. The van der Waals surface area contributed by atoms with Gasteiger partial charge >= 0.3 is 0 Å². The maximum atomic E-state index is 5.70. The summed E-state index contributed by atoms with van der Waals surface area (Å²) in [5.74, 6) is 2.50. The Hall–Kier alpha value is -0.0151. The normalized spacial score (nSPS) is 41.4. The first kappa shape index (κ1) is 17.8. The van der Waals surface area contributed by atoms with Crippen molar-refractivity contribution in [2.75, 3.05) is 13.2 Å². The number of hydrogen-bond donors (Lipinski definition) is 0. The molecule has 23 heavy (non-hydrogen) atoms. The molecule has 132 valence electrons. The van der Waals surface area contributed by atoms with Crippen LogP contribution in [0.15, 0.2) is 0 Å². The van der Waals surface area contributed by atoms with Crippen molar-refractivity contribution in [2.45, 2.75) is 96.1 Å². The summed E-state index contributed by atoms with van der Waals surface area (Å²) in [4.78, 5) is 2.88. The zero-order valence-electron chi connectivity index (χ0n) is 16.4. The van der Waals surface area contributed by atoms with Gasteiger partial charge in [-0.1, -0.05) is 45.3 Å². The Bertz CT molecular complexity index is 420. The van der Waals surface area contributed by atoms with E-state index in [0.717, 1.165) is 37.0 Å². The second-order valence-electron chi connectivity index (χ2n) is 9.79. The molecule has 3 aliphatic rings. The molecule has 3 rings (SSSR count). The number of fused-ring (bicyclic) bond motifs is 1. The highest BCUT2D eigenvalue weighted by atomic mass is 16.5. The van der Waals surface area contributed by atoms with Gasteiger partial charge in [-0.2, -0.15) is 0 Å². The van der Waals surface area contributed by atoms with Crippen molar-refractivity contribution >= 4 is 7.85 Å². The second-order valence-corrected chi connectivity index (χ2v) is 9.79. The molecule has 0 aromatic rings. The van der Waals surface area contributed by atoms with E-state index >= 15 is 0 Å². The molecule has 1 aliphatic carbocycles. The van der Waals surface area contributed by atoms with Crippen LogP contribution in [0.5, 0.6) is 0 Å². The number of hydrogen-bond acceptors (Lipinski definition) is 2. The predicted molar refractivity (Wildman–Crippen MR) is 101 cm³/mol.